The van der Waals surface area contributed by atoms with Crippen LogP contribution in [0.1, 0.15) is 17.5 Å². The van der Waals surface area contributed by atoms with Crippen LogP contribution in [0.3, 0.4) is 0 Å². The third-order valence-corrected chi connectivity index (χ3v) is 2.73. The molecule has 20 heavy (non-hydrogen) atoms. The maximum absolute atomic E-state index is 12.6. The summed E-state index contributed by atoms with van der Waals surface area (Å²) < 4.78 is 37.9. The highest BCUT2D eigenvalue weighted by Gasteiger charge is 2.39. The van der Waals surface area contributed by atoms with E-state index in [1.807, 2.05) is 31.2 Å². The number of aliphatic imine (C=N–C) groups is 1. The average Bonchev–Trinajstić information content (AvgIpc) is 2.33. The fourth-order valence-corrected chi connectivity index (χ4v) is 1.66. The summed E-state index contributed by atoms with van der Waals surface area (Å²) in [5.41, 5.74) is 12.2. The van der Waals surface area contributed by atoms with Gasteiger partial charge >= 0.3 is 6.18 Å². The predicted octanol–water partition coefficient (Wildman–Crippen LogP) is 1.68. The second-order valence-electron chi connectivity index (χ2n) is 4.56. The standard InChI is InChI=1S/C13H19F3N4/c1-9-2-4-10(5-3-9)8-19-7-6-11(13(14,15)16)20-12(17)18/h2-5,11,19H,6-8H2,1H3,(H4,17,18,20). The van der Waals surface area contributed by atoms with Crippen LogP contribution in [0.2, 0.25) is 0 Å². The summed E-state index contributed by atoms with van der Waals surface area (Å²) in [4.78, 5) is 3.21. The van der Waals surface area contributed by atoms with E-state index < -0.39 is 18.2 Å². The van der Waals surface area contributed by atoms with Crippen molar-refractivity contribution in [1.29, 1.82) is 0 Å². The van der Waals surface area contributed by atoms with E-state index in [0.29, 0.717) is 6.54 Å². The highest BCUT2D eigenvalue weighted by atomic mass is 19.4. The molecule has 0 bridgehead atoms. The minimum absolute atomic E-state index is 0.175. The number of nitrogens with two attached hydrogens (primary N) is 2. The molecule has 0 fully saturated rings. The summed E-state index contributed by atoms with van der Waals surface area (Å²) in [7, 11) is 0. The number of halogens is 3. The quantitative estimate of drug-likeness (QED) is 0.423. The molecule has 4 nitrogen and oxygen atoms in total. The molecule has 1 atom stereocenters. The fraction of sp³-hybridized carbons (Fsp3) is 0.462. The molecule has 1 rings (SSSR count). The number of aryl methyl sites for hydroxylation is 1. The van der Waals surface area contributed by atoms with Gasteiger partial charge < -0.3 is 16.8 Å². The number of rotatable bonds is 6. The molecule has 1 aromatic carbocycles. The van der Waals surface area contributed by atoms with Gasteiger partial charge in [-0.1, -0.05) is 29.8 Å². The number of benzene rings is 1. The average molecular weight is 288 g/mol. The van der Waals surface area contributed by atoms with Gasteiger partial charge in [0.1, 0.15) is 0 Å². The Hall–Kier alpha value is -1.76. The molecule has 0 aliphatic rings. The van der Waals surface area contributed by atoms with Crippen molar-refractivity contribution in [2.45, 2.75) is 32.1 Å². The zero-order chi connectivity index (χ0) is 15.2. The Balaban J connectivity index is 2.41. The van der Waals surface area contributed by atoms with Gasteiger partial charge in [-0.25, -0.2) is 4.99 Å². The summed E-state index contributed by atoms with van der Waals surface area (Å²) in [6.07, 6.45) is -4.64. The first-order valence-corrected chi connectivity index (χ1v) is 6.21. The van der Waals surface area contributed by atoms with Gasteiger partial charge in [0.05, 0.1) is 0 Å². The summed E-state index contributed by atoms with van der Waals surface area (Å²) in [5.74, 6) is -0.550. The smallest absolute Gasteiger partial charge is 0.370 e. The second-order valence-corrected chi connectivity index (χ2v) is 4.56. The van der Waals surface area contributed by atoms with Crippen molar-refractivity contribution in [3.05, 3.63) is 35.4 Å². The third-order valence-electron chi connectivity index (χ3n) is 2.73. The molecule has 0 radical (unpaired) electrons. The van der Waals surface area contributed by atoms with Gasteiger partial charge in [0.15, 0.2) is 12.0 Å². The van der Waals surface area contributed by atoms with Gasteiger partial charge in [0, 0.05) is 6.54 Å². The lowest BCUT2D eigenvalue weighted by Gasteiger charge is -2.16. The van der Waals surface area contributed by atoms with Crippen LogP contribution in [0.4, 0.5) is 13.2 Å². The molecule has 0 saturated heterocycles. The van der Waals surface area contributed by atoms with E-state index in [0.717, 1.165) is 11.1 Å². The molecule has 0 aliphatic heterocycles. The van der Waals surface area contributed by atoms with Gasteiger partial charge in [0.25, 0.3) is 0 Å². The van der Waals surface area contributed by atoms with Crippen LogP contribution in [0.5, 0.6) is 0 Å². The van der Waals surface area contributed by atoms with Crippen molar-refractivity contribution in [3.63, 3.8) is 0 Å². The van der Waals surface area contributed by atoms with Gasteiger partial charge in [-0.15, -0.1) is 0 Å². The van der Waals surface area contributed by atoms with Crippen LogP contribution in [-0.2, 0) is 6.54 Å². The zero-order valence-electron chi connectivity index (χ0n) is 11.2. The Morgan fingerprint density at radius 1 is 1.25 bits per heavy atom. The first-order valence-electron chi connectivity index (χ1n) is 6.21. The summed E-state index contributed by atoms with van der Waals surface area (Å²) >= 11 is 0. The van der Waals surface area contributed by atoms with E-state index in [1.165, 1.54) is 0 Å². The van der Waals surface area contributed by atoms with E-state index in [9.17, 15) is 13.2 Å². The molecule has 0 aliphatic carbocycles. The van der Waals surface area contributed by atoms with Crippen molar-refractivity contribution >= 4 is 5.96 Å². The number of nitrogens with one attached hydrogen (secondary N) is 1. The topological polar surface area (TPSA) is 76.4 Å². The van der Waals surface area contributed by atoms with Crippen LogP contribution < -0.4 is 16.8 Å². The van der Waals surface area contributed by atoms with Crippen molar-refractivity contribution in [3.8, 4) is 0 Å². The van der Waals surface area contributed by atoms with Crippen LogP contribution in [-0.4, -0.2) is 24.7 Å². The number of hydrogen-bond donors (Lipinski definition) is 3. The predicted molar refractivity (Wildman–Crippen MR) is 73.2 cm³/mol. The number of hydrogen-bond acceptors (Lipinski definition) is 2. The van der Waals surface area contributed by atoms with Crippen LogP contribution in [0.15, 0.2) is 29.3 Å². The lowest BCUT2D eigenvalue weighted by atomic mass is 10.1. The van der Waals surface area contributed by atoms with Crippen molar-refractivity contribution in [2.24, 2.45) is 16.5 Å². The molecule has 0 aromatic heterocycles. The summed E-state index contributed by atoms with van der Waals surface area (Å²) in [6, 6.07) is 5.90. The molecule has 1 unspecified atom stereocenters. The van der Waals surface area contributed by atoms with E-state index in [4.69, 9.17) is 11.5 Å². The zero-order valence-corrected chi connectivity index (χ0v) is 11.2. The van der Waals surface area contributed by atoms with Crippen LogP contribution in [0, 0.1) is 6.92 Å². The largest absolute Gasteiger partial charge is 0.410 e. The molecule has 0 saturated carbocycles. The van der Waals surface area contributed by atoms with Gasteiger partial charge in [-0.2, -0.15) is 13.2 Å². The highest BCUT2D eigenvalue weighted by Crippen LogP contribution is 2.24. The molecule has 0 spiro atoms. The molecule has 1 aromatic rings. The monoisotopic (exact) mass is 288 g/mol. The Bertz CT molecular complexity index is 436. The van der Waals surface area contributed by atoms with Crippen LogP contribution in [0.25, 0.3) is 0 Å². The number of guanidine groups is 1. The fourth-order valence-electron chi connectivity index (χ4n) is 1.66. The van der Waals surface area contributed by atoms with E-state index >= 15 is 0 Å². The molecule has 5 N–H and O–H groups in total. The number of nitrogens with zero attached hydrogens (tertiary/aromatic N) is 1. The van der Waals surface area contributed by atoms with Gasteiger partial charge in [0.2, 0.25) is 0 Å². The maximum Gasteiger partial charge on any atom is 0.410 e. The minimum atomic E-state index is -4.43. The first-order chi connectivity index (χ1) is 9.29. The second kappa shape index (κ2) is 7.14. The van der Waals surface area contributed by atoms with Crippen molar-refractivity contribution in [2.75, 3.05) is 6.54 Å². The van der Waals surface area contributed by atoms with E-state index in [1.54, 1.807) is 0 Å². The Kier molecular flexibility index (Phi) is 5.82. The molecular weight excluding hydrogens is 269 g/mol. The molecule has 0 amide bonds. The minimum Gasteiger partial charge on any atom is -0.370 e. The normalized spacial score (nSPS) is 13.0. The summed E-state index contributed by atoms with van der Waals surface area (Å²) in [6.45, 7) is 2.65. The lowest BCUT2D eigenvalue weighted by molar-refractivity contribution is -0.147. The maximum atomic E-state index is 12.6. The summed E-state index contributed by atoms with van der Waals surface area (Å²) in [5, 5.41) is 2.95. The van der Waals surface area contributed by atoms with Gasteiger partial charge in [-0.3, -0.25) is 0 Å². The van der Waals surface area contributed by atoms with E-state index in [-0.39, 0.29) is 13.0 Å². The molecule has 0 heterocycles. The van der Waals surface area contributed by atoms with Crippen LogP contribution >= 0.6 is 0 Å². The molecular formula is C13H19F3N4. The Morgan fingerprint density at radius 2 is 1.85 bits per heavy atom. The van der Waals surface area contributed by atoms with E-state index in [2.05, 4.69) is 10.3 Å². The van der Waals surface area contributed by atoms with Gasteiger partial charge in [-0.05, 0) is 25.5 Å². The Morgan fingerprint density at radius 3 is 2.35 bits per heavy atom. The van der Waals surface area contributed by atoms with Crippen molar-refractivity contribution in [1.82, 2.24) is 5.32 Å². The first kappa shape index (κ1) is 16.3. The SMILES string of the molecule is Cc1ccc(CNCCC(N=C(N)N)C(F)(F)F)cc1. The lowest BCUT2D eigenvalue weighted by Crippen LogP contribution is -2.35. The third kappa shape index (κ3) is 5.92. The molecule has 7 heteroatoms. The number of alkyl halides is 3. The Labute approximate surface area is 116 Å². The molecule has 112 valence electrons. The van der Waals surface area contributed by atoms with Crippen molar-refractivity contribution < 1.29 is 13.2 Å². The highest BCUT2D eigenvalue weighted by molar-refractivity contribution is 5.75.